The number of carbonyl (C=O) groups excluding carboxylic acids is 1. The van der Waals surface area contributed by atoms with Gasteiger partial charge in [-0.1, -0.05) is 26.0 Å². The van der Waals surface area contributed by atoms with Crippen LogP contribution in [0.1, 0.15) is 69.6 Å². The lowest BCUT2D eigenvalue weighted by Gasteiger charge is -2.33. The number of amides is 1. The van der Waals surface area contributed by atoms with Crippen LogP contribution in [0, 0.1) is 5.92 Å². The van der Waals surface area contributed by atoms with Crippen molar-refractivity contribution in [3.05, 3.63) is 23.9 Å². The standard InChI is InChI=1S/C17H25N3O2/c1-12(2)15-18-19-16(22-15)13-8-10-20(11-9-13)17(21)14-6-4-3-5-7-14/h3-4,12-14H,5-11H2,1-2H3/t14-/m0/s1. The first-order chi connectivity index (χ1) is 10.6. The van der Waals surface area contributed by atoms with Gasteiger partial charge in [0.15, 0.2) is 0 Å². The molecule has 0 spiro atoms. The van der Waals surface area contributed by atoms with Crippen LogP contribution in [0.5, 0.6) is 0 Å². The highest BCUT2D eigenvalue weighted by Crippen LogP contribution is 2.30. The van der Waals surface area contributed by atoms with Gasteiger partial charge in [-0.3, -0.25) is 4.79 Å². The molecule has 1 amide bonds. The zero-order valence-corrected chi connectivity index (χ0v) is 13.5. The number of rotatable bonds is 3. The summed E-state index contributed by atoms with van der Waals surface area (Å²) in [7, 11) is 0. The second-order valence-corrected chi connectivity index (χ2v) is 6.71. The first-order valence-electron chi connectivity index (χ1n) is 8.42. The van der Waals surface area contributed by atoms with Crippen molar-refractivity contribution in [2.24, 2.45) is 5.92 Å². The highest BCUT2D eigenvalue weighted by Gasteiger charge is 2.30. The monoisotopic (exact) mass is 303 g/mol. The molecule has 5 heteroatoms. The predicted octanol–water partition coefficient (Wildman–Crippen LogP) is 3.26. The molecule has 2 heterocycles. The van der Waals surface area contributed by atoms with Crippen LogP contribution in [0.3, 0.4) is 0 Å². The molecule has 1 saturated heterocycles. The summed E-state index contributed by atoms with van der Waals surface area (Å²) in [6.45, 7) is 5.72. The van der Waals surface area contributed by atoms with E-state index in [4.69, 9.17) is 4.42 Å². The average Bonchev–Trinajstić information content (AvgIpc) is 3.05. The number of allylic oxidation sites excluding steroid dienone is 2. The smallest absolute Gasteiger partial charge is 0.226 e. The lowest BCUT2D eigenvalue weighted by Crippen LogP contribution is -2.41. The van der Waals surface area contributed by atoms with E-state index >= 15 is 0 Å². The van der Waals surface area contributed by atoms with E-state index in [-0.39, 0.29) is 11.8 Å². The number of carbonyl (C=O) groups is 1. The van der Waals surface area contributed by atoms with Gasteiger partial charge in [0, 0.05) is 30.8 Å². The fraction of sp³-hybridized carbons (Fsp3) is 0.706. The van der Waals surface area contributed by atoms with Crippen molar-refractivity contribution in [2.75, 3.05) is 13.1 Å². The average molecular weight is 303 g/mol. The molecule has 5 nitrogen and oxygen atoms in total. The summed E-state index contributed by atoms with van der Waals surface area (Å²) in [4.78, 5) is 14.6. The Morgan fingerprint density at radius 1 is 1.23 bits per heavy atom. The van der Waals surface area contributed by atoms with Crippen LogP contribution in [0.25, 0.3) is 0 Å². The van der Waals surface area contributed by atoms with Crippen molar-refractivity contribution in [1.29, 1.82) is 0 Å². The number of piperidine rings is 1. The number of hydrogen-bond donors (Lipinski definition) is 0. The van der Waals surface area contributed by atoms with Crippen LogP contribution >= 0.6 is 0 Å². The molecular weight excluding hydrogens is 278 g/mol. The third-order valence-corrected chi connectivity index (χ3v) is 4.72. The van der Waals surface area contributed by atoms with Crippen LogP contribution in [-0.4, -0.2) is 34.1 Å². The molecule has 1 aromatic rings. The fourth-order valence-electron chi connectivity index (χ4n) is 3.27. The van der Waals surface area contributed by atoms with E-state index in [2.05, 4.69) is 36.2 Å². The zero-order valence-electron chi connectivity index (χ0n) is 13.5. The van der Waals surface area contributed by atoms with Crippen LogP contribution in [0.2, 0.25) is 0 Å². The molecule has 1 atom stereocenters. The Morgan fingerprint density at radius 3 is 2.59 bits per heavy atom. The van der Waals surface area contributed by atoms with Crippen LogP contribution in [-0.2, 0) is 4.79 Å². The van der Waals surface area contributed by atoms with Gasteiger partial charge in [-0.15, -0.1) is 10.2 Å². The molecule has 1 aromatic heterocycles. The Bertz CT molecular complexity index is 542. The fourth-order valence-corrected chi connectivity index (χ4v) is 3.27. The topological polar surface area (TPSA) is 59.2 Å². The maximum atomic E-state index is 12.5. The van der Waals surface area contributed by atoms with E-state index in [0.717, 1.165) is 51.1 Å². The Labute approximate surface area is 131 Å². The predicted molar refractivity (Wildman–Crippen MR) is 83.4 cm³/mol. The molecule has 0 aromatic carbocycles. The molecule has 0 unspecified atom stereocenters. The van der Waals surface area contributed by atoms with Gasteiger partial charge >= 0.3 is 0 Å². The highest BCUT2D eigenvalue weighted by atomic mass is 16.4. The number of hydrogen-bond acceptors (Lipinski definition) is 4. The number of aromatic nitrogens is 2. The summed E-state index contributed by atoms with van der Waals surface area (Å²) in [5, 5.41) is 8.31. The van der Waals surface area contributed by atoms with Crippen LogP contribution < -0.4 is 0 Å². The summed E-state index contributed by atoms with van der Waals surface area (Å²) in [5.74, 6) is 2.55. The lowest BCUT2D eigenvalue weighted by molar-refractivity contribution is -0.136. The largest absolute Gasteiger partial charge is 0.425 e. The van der Waals surface area contributed by atoms with Crippen molar-refractivity contribution < 1.29 is 9.21 Å². The minimum Gasteiger partial charge on any atom is -0.425 e. The molecule has 1 aliphatic heterocycles. The second kappa shape index (κ2) is 6.63. The van der Waals surface area contributed by atoms with Crippen molar-refractivity contribution >= 4 is 5.91 Å². The van der Waals surface area contributed by atoms with Crippen molar-refractivity contribution in [2.45, 2.75) is 57.8 Å². The van der Waals surface area contributed by atoms with E-state index in [0.29, 0.717) is 17.7 Å². The molecule has 22 heavy (non-hydrogen) atoms. The van der Waals surface area contributed by atoms with E-state index in [1.165, 1.54) is 0 Å². The van der Waals surface area contributed by atoms with Gasteiger partial charge < -0.3 is 9.32 Å². The van der Waals surface area contributed by atoms with Gasteiger partial charge in [0.05, 0.1) is 0 Å². The van der Waals surface area contributed by atoms with Gasteiger partial charge in [0.25, 0.3) is 0 Å². The highest BCUT2D eigenvalue weighted by molar-refractivity contribution is 5.79. The molecule has 1 aliphatic carbocycles. The maximum Gasteiger partial charge on any atom is 0.226 e. The summed E-state index contributed by atoms with van der Waals surface area (Å²) in [6, 6.07) is 0. The molecule has 120 valence electrons. The summed E-state index contributed by atoms with van der Waals surface area (Å²) < 4.78 is 5.76. The Balaban J connectivity index is 1.55. The lowest BCUT2D eigenvalue weighted by atomic mass is 9.91. The van der Waals surface area contributed by atoms with Crippen molar-refractivity contribution in [1.82, 2.24) is 15.1 Å². The summed E-state index contributed by atoms with van der Waals surface area (Å²) in [6.07, 6.45) is 9.11. The Morgan fingerprint density at radius 2 is 2.00 bits per heavy atom. The summed E-state index contributed by atoms with van der Waals surface area (Å²) in [5.41, 5.74) is 0. The number of nitrogens with zero attached hydrogens (tertiary/aromatic N) is 3. The summed E-state index contributed by atoms with van der Waals surface area (Å²) >= 11 is 0. The van der Waals surface area contributed by atoms with Crippen LogP contribution in [0.4, 0.5) is 0 Å². The molecule has 0 radical (unpaired) electrons. The molecule has 0 saturated carbocycles. The Hall–Kier alpha value is -1.65. The molecule has 2 aliphatic rings. The minimum atomic E-state index is 0.192. The molecule has 0 N–H and O–H groups in total. The third-order valence-electron chi connectivity index (χ3n) is 4.72. The third kappa shape index (κ3) is 3.23. The Kier molecular flexibility index (Phi) is 4.60. The normalized spacial score (nSPS) is 23.2. The quantitative estimate of drug-likeness (QED) is 0.804. The van der Waals surface area contributed by atoms with Gasteiger partial charge in [0.1, 0.15) is 0 Å². The zero-order chi connectivity index (χ0) is 15.5. The van der Waals surface area contributed by atoms with Crippen molar-refractivity contribution in [3.63, 3.8) is 0 Å². The van der Waals surface area contributed by atoms with Crippen LogP contribution in [0.15, 0.2) is 16.6 Å². The minimum absolute atomic E-state index is 0.192. The molecule has 3 rings (SSSR count). The first-order valence-corrected chi connectivity index (χ1v) is 8.42. The van der Waals surface area contributed by atoms with E-state index in [9.17, 15) is 4.79 Å². The second-order valence-electron chi connectivity index (χ2n) is 6.71. The van der Waals surface area contributed by atoms with E-state index in [1.54, 1.807) is 0 Å². The molecular formula is C17H25N3O2. The first kappa shape index (κ1) is 15.3. The van der Waals surface area contributed by atoms with Crippen molar-refractivity contribution in [3.8, 4) is 0 Å². The van der Waals surface area contributed by atoms with Gasteiger partial charge in [-0.2, -0.15) is 0 Å². The van der Waals surface area contributed by atoms with Gasteiger partial charge in [-0.25, -0.2) is 0 Å². The van der Waals surface area contributed by atoms with Gasteiger partial charge in [-0.05, 0) is 32.1 Å². The van der Waals surface area contributed by atoms with E-state index < -0.39 is 0 Å². The van der Waals surface area contributed by atoms with E-state index in [1.807, 2.05) is 4.90 Å². The SMILES string of the molecule is CC(C)c1nnc(C2CCN(C(=O)[C@H]3CC=CCC3)CC2)o1. The number of likely N-dealkylation sites (tertiary alicyclic amines) is 1. The molecule has 1 fully saturated rings. The maximum absolute atomic E-state index is 12.5. The van der Waals surface area contributed by atoms with Gasteiger partial charge in [0.2, 0.25) is 17.7 Å². The molecule has 0 bridgehead atoms.